The lowest BCUT2D eigenvalue weighted by Gasteiger charge is -2.06. The molecule has 0 saturated heterocycles. The van der Waals surface area contributed by atoms with E-state index in [0.717, 1.165) is 24.2 Å². The molecule has 0 fully saturated rings. The quantitative estimate of drug-likeness (QED) is 0.695. The molecule has 1 nitrogen and oxygen atoms in total. The summed E-state index contributed by atoms with van der Waals surface area (Å²) in [5, 5.41) is 3.30. The van der Waals surface area contributed by atoms with Crippen LogP contribution >= 0.6 is 0 Å². The van der Waals surface area contributed by atoms with Crippen LogP contribution in [0.15, 0.2) is 24.3 Å². The highest BCUT2D eigenvalue weighted by Gasteiger charge is 1.92. The maximum atomic E-state index is 3.91. The Hall–Kier alpha value is -0.980. The minimum atomic E-state index is 1.02. The first-order valence-electron chi connectivity index (χ1n) is 3.99. The Morgan fingerprint density at radius 3 is 2.73 bits per heavy atom. The first-order chi connectivity index (χ1) is 5.34. The van der Waals surface area contributed by atoms with Crippen LogP contribution in [-0.2, 0) is 0 Å². The molecule has 1 radical (unpaired) electrons. The zero-order chi connectivity index (χ0) is 8.10. The number of rotatable bonds is 3. The standard InChI is InChI=1S/C10H14N/c1-3-8-11-10-7-5-4-6-9(10)2/h4-7,11H,2-3,8H2,1H3. The molecule has 0 aliphatic heterocycles. The van der Waals surface area contributed by atoms with E-state index in [0.29, 0.717) is 0 Å². The van der Waals surface area contributed by atoms with Crippen LogP contribution in [-0.4, -0.2) is 6.54 Å². The topological polar surface area (TPSA) is 12.0 Å². The fourth-order valence-corrected chi connectivity index (χ4v) is 0.952. The lowest BCUT2D eigenvalue weighted by atomic mass is 10.2. The number of benzene rings is 1. The Labute approximate surface area is 68.4 Å². The predicted molar refractivity (Wildman–Crippen MR) is 49.7 cm³/mol. The van der Waals surface area contributed by atoms with E-state index in [4.69, 9.17) is 0 Å². The minimum absolute atomic E-state index is 1.02. The van der Waals surface area contributed by atoms with Crippen molar-refractivity contribution in [3.05, 3.63) is 36.8 Å². The maximum Gasteiger partial charge on any atom is 0.0372 e. The molecule has 0 spiro atoms. The summed E-state index contributed by atoms with van der Waals surface area (Å²) in [7, 11) is 0. The second kappa shape index (κ2) is 4.02. The molecule has 1 rings (SSSR count). The van der Waals surface area contributed by atoms with Gasteiger partial charge in [-0.15, -0.1) is 0 Å². The Balaban J connectivity index is 2.62. The smallest absolute Gasteiger partial charge is 0.0372 e. The number of para-hydroxylation sites is 1. The first-order valence-corrected chi connectivity index (χ1v) is 3.99. The van der Waals surface area contributed by atoms with E-state index in [-0.39, 0.29) is 0 Å². The van der Waals surface area contributed by atoms with Crippen LogP contribution in [0.2, 0.25) is 0 Å². The van der Waals surface area contributed by atoms with Crippen molar-refractivity contribution in [2.24, 2.45) is 0 Å². The average molecular weight is 148 g/mol. The zero-order valence-electron chi connectivity index (χ0n) is 6.93. The van der Waals surface area contributed by atoms with E-state index in [9.17, 15) is 0 Å². The zero-order valence-corrected chi connectivity index (χ0v) is 6.93. The Morgan fingerprint density at radius 2 is 2.09 bits per heavy atom. The van der Waals surface area contributed by atoms with Crippen LogP contribution < -0.4 is 5.32 Å². The summed E-state index contributed by atoms with van der Waals surface area (Å²) in [6.45, 7) is 7.08. The summed E-state index contributed by atoms with van der Waals surface area (Å²) in [4.78, 5) is 0. The molecule has 0 amide bonds. The highest BCUT2D eigenvalue weighted by molar-refractivity contribution is 5.52. The second-order valence-corrected chi connectivity index (χ2v) is 2.58. The van der Waals surface area contributed by atoms with E-state index in [1.165, 1.54) is 0 Å². The van der Waals surface area contributed by atoms with Gasteiger partial charge in [-0.1, -0.05) is 25.1 Å². The molecule has 1 N–H and O–H groups in total. The molecule has 11 heavy (non-hydrogen) atoms. The van der Waals surface area contributed by atoms with Gasteiger partial charge >= 0.3 is 0 Å². The predicted octanol–water partition coefficient (Wildman–Crippen LogP) is 2.69. The van der Waals surface area contributed by atoms with Crippen molar-refractivity contribution >= 4 is 5.69 Å². The van der Waals surface area contributed by atoms with Crippen LogP contribution in [0.1, 0.15) is 18.9 Å². The third-order valence-corrected chi connectivity index (χ3v) is 1.58. The lowest BCUT2D eigenvalue weighted by Crippen LogP contribution is -2.00. The van der Waals surface area contributed by atoms with Gasteiger partial charge in [-0.2, -0.15) is 0 Å². The van der Waals surface area contributed by atoms with Crippen molar-refractivity contribution in [2.75, 3.05) is 11.9 Å². The van der Waals surface area contributed by atoms with Crippen molar-refractivity contribution in [1.82, 2.24) is 0 Å². The molecular formula is C10H14N. The van der Waals surface area contributed by atoms with Gasteiger partial charge in [0.1, 0.15) is 0 Å². The van der Waals surface area contributed by atoms with E-state index in [1.807, 2.05) is 18.2 Å². The van der Waals surface area contributed by atoms with Crippen molar-refractivity contribution in [2.45, 2.75) is 13.3 Å². The number of hydrogen-bond donors (Lipinski definition) is 1. The summed E-state index contributed by atoms with van der Waals surface area (Å²) in [5.74, 6) is 0. The maximum absolute atomic E-state index is 3.91. The van der Waals surface area contributed by atoms with E-state index in [1.54, 1.807) is 0 Å². The molecule has 1 aromatic carbocycles. The molecule has 0 atom stereocenters. The minimum Gasteiger partial charge on any atom is -0.385 e. The summed E-state index contributed by atoms with van der Waals surface area (Å²) >= 11 is 0. The monoisotopic (exact) mass is 148 g/mol. The largest absolute Gasteiger partial charge is 0.385 e. The summed E-state index contributed by atoms with van der Waals surface area (Å²) < 4.78 is 0. The first kappa shape index (κ1) is 8.12. The van der Waals surface area contributed by atoms with Crippen molar-refractivity contribution in [3.8, 4) is 0 Å². The van der Waals surface area contributed by atoms with Gasteiger partial charge in [0.2, 0.25) is 0 Å². The van der Waals surface area contributed by atoms with Crippen LogP contribution in [0, 0.1) is 6.92 Å². The van der Waals surface area contributed by atoms with Crippen LogP contribution in [0.4, 0.5) is 5.69 Å². The van der Waals surface area contributed by atoms with E-state index < -0.39 is 0 Å². The van der Waals surface area contributed by atoms with Gasteiger partial charge in [0.15, 0.2) is 0 Å². The molecule has 0 heterocycles. The molecule has 1 aromatic rings. The van der Waals surface area contributed by atoms with Gasteiger partial charge in [0.05, 0.1) is 0 Å². The van der Waals surface area contributed by atoms with Crippen LogP contribution in [0.5, 0.6) is 0 Å². The third kappa shape index (κ3) is 2.26. The highest BCUT2D eigenvalue weighted by atomic mass is 14.9. The van der Waals surface area contributed by atoms with Crippen LogP contribution in [0.25, 0.3) is 0 Å². The highest BCUT2D eigenvalue weighted by Crippen LogP contribution is 2.12. The Kier molecular flexibility index (Phi) is 2.96. The number of anilines is 1. The molecule has 59 valence electrons. The Bertz CT molecular complexity index is 218. The number of nitrogens with one attached hydrogen (secondary N) is 1. The second-order valence-electron chi connectivity index (χ2n) is 2.58. The van der Waals surface area contributed by atoms with Gasteiger partial charge in [-0.25, -0.2) is 0 Å². The number of hydrogen-bond acceptors (Lipinski definition) is 1. The van der Waals surface area contributed by atoms with Gasteiger partial charge in [-0.05, 0) is 25.0 Å². The average Bonchev–Trinajstić information content (AvgIpc) is 2.03. The molecule has 0 aliphatic rings. The Morgan fingerprint density at radius 1 is 1.36 bits per heavy atom. The molecule has 0 unspecified atom stereocenters. The van der Waals surface area contributed by atoms with Gasteiger partial charge in [0, 0.05) is 12.2 Å². The fraction of sp³-hybridized carbons (Fsp3) is 0.300. The van der Waals surface area contributed by atoms with Gasteiger partial charge < -0.3 is 5.32 Å². The van der Waals surface area contributed by atoms with E-state index >= 15 is 0 Å². The summed E-state index contributed by atoms with van der Waals surface area (Å²) in [5.41, 5.74) is 2.22. The third-order valence-electron chi connectivity index (χ3n) is 1.58. The molecule has 1 heteroatoms. The normalized spacial score (nSPS) is 9.64. The van der Waals surface area contributed by atoms with Crippen LogP contribution in [0.3, 0.4) is 0 Å². The van der Waals surface area contributed by atoms with Gasteiger partial charge in [-0.3, -0.25) is 0 Å². The summed E-state index contributed by atoms with van der Waals surface area (Å²) in [6.07, 6.45) is 1.15. The van der Waals surface area contributed by atoms with Crippen molar-refractivity contribution < 1.29 is 0 Å². The molecule has 0 aromatic heterocycles. The molecule has 0 aliphatic carbocycles. The van der Waals surface area contributed by atoms with Crippen molar-refractivity contribution in [1.29, 1.82) is 0 Å². The van der Waals surface area contributed by atoms with Crippen molar-refractivity contribution in [3.63, 3.8) is 0 Å². The molecular weight excluding hydrogens is 134 g/mol. The molecule has 0 bridgehead atoms. The van der Waals surface area contributed by atoms with Gasteiger partial charge in [0.25, 0.3) is 0 Å². The summed E-state index contributed by atoms with van der Waals surface area (Å²) in [6, 6.07) is 8.09. The molecule has 0 saturated carbocycles. The van der Waals surface area contributed by atoms with E-state index in [2.05, 4.69) is 25.2 Å². The SMILES string of the molecule is [CH2]c1ccccc1NCCC. The lowest BCUT2D eigenvalue weighted by molar-refractivity contribution is 0.979. The fourth-order valence-electron chi connectivity index (χ4n) is 0.952.